The van der Waals surface area contributed by atoms with E-state index in [1.807, 2.05) is 0 Å². The van der Waals surface area contributed by atoms with Crippen LogP contribution in [0.1, 0.15) is 121 Å². The zero-order chi connectivity index (χ0) is 27.4. The summed E-state index contributed by atoms with van der Waals surface area (Å²) in [6.45, 7) is 24.7. The average Bonchev–Trinajstić information content (AvgIpc) is 2.72. The van der Waals surface area contributed by atoms with E-state index in [0.717, 1.165) is 69.2 Å². The van der Waals surface area contributed by atoms with E-state index in [-0.39, 0.29) is 27.8 Å². The van der Waals surface area contributed by atoms with Crippen molar-refractivity contribution >= 4 is 11.7 Å². The Morgan fingerprint density at radius 1 is 0.750 bits per heavy atom. The SMILES string of the molecule is CC1(C)CCN(C(C)(C)C)C=C1C(=O)CCCCCCCNC(=O)C1=CN(C(C)(C)C)CCC1(C)C. The lowest BCUT2D eigenvalue weighted by Gasteiger charge is -2.43. The lowest BCUT2D eigenvalue weighted by Crippen LogP contribution is -2.45. The number of carbonyl (C=O) groups is 2. The maximum atomic E-state index is 13.0. The highest BCUT2D eigenvalue weighted by Crippen LogP contribution is 2.38. The number of hydrogen-bond donors (Lipinski definition) is 1. The summed E-state index contributed by atoms with van der Waals surface area (Å²) < 4.78 is 0. The van der Waals surface area contributed by atoms with Gasteiger partial charge in [0.25, 0.3) is 0 Å². The average molecular weight is 502 g/mol. The third-order valence-corrected chi connectivity index (χ3v) is 8.12. The summed E-state index contributed by atoms with van der Waals surface area (Å²) in [6.07, 6.45) is 12.0. The number of Topliss-reactive ketones (excluding diaryl/α,β-unsaturated/α-hetero) is 1. The summed E-state index contributed by atoms with van der Waals surface area (Å²) in [5.74, 6) is 0.390. The number of nitrogens with zero attached hydrogens (tertiary/aromatic N) is 2. The van der Waals surface area contributed by atoms with Gasteiger partial charge in [-0.2, -0.15) is 0 Å². The van der Waals surface area contributed by atoms with Crippen LogP contribution in [0.25, 0.3) is 0 Å². The van der Waals surface area contributed by atoms with Crippen molar-refractivity contribution in [3.63, 3.8) is 0 Å². The van der Waals surface area contributed by atoms with Crippen LogP contribution in [0.4, 0.5) is 0 Å². The first kappa shape index (κ1) is 30.4. The number of ketones is 1. The van der Waals surface area contributed by atoms with E-state index in [1.165, 1.54) is 0 Å². The lowest BCUT2D eigenvalue weighted by molar-refractivity contribution is -0.119. The molecule has 2 aliphatic heterocycles. The first-order chi connectivity index (χ1) is 16.4. The molecular formula is C31H55N3O2. The standard InChI is InChI=1S/C31H55N3O2/c1-28(2,3)33-20-17-30(7,8)24(22-33)26(35)16-14-12-11-13-15-19-32-27(36)25-23-34(29(4,5)6)21-18-31(25,9)10/h22-23H,11-21H2,1-10H3,(H,32,36). The van der Waals surface area contributed by atoms with Gasteiger partial charge < -0.3 is 15.1 Å². The molecule has 36 heavy (non-hydrogen) atoms. The zero-order valence-electron chi connectivity index (χ0n) is 25.1. The molecule has 0 unspecified atom stereocenters. The van der Waals surface area contributed by atoms with E-state index in [1.54, 1.807) is 0 Å². The summed E-state index contributed by atoms with van der Waals surface area (Å²) in [7, 11) is 0. The van der Waals surface area contributed by atoms with Crippen molar-refractivity contribution in [2.45, 2.75) is 132 Å². The molecule has 0 radical (unpaired) electrons. The summed E-state index contributed by atoms with van der Waals surface area (Å²) in [5.41, 5.74) is 1.84. The predicted molar refractivity (Wildman–Crippen MR) is 152 cm³/mol. The van der Waals surface area contributed by atoms with Gasteiger partial charge in [0.2, 0.25) is 5.91 Å². The Hall–Kier alpha value is -1.78. The molecule has 2 heterocycles. The zero-order valence-corrected chi connectivity index (χ0v) is 25.1. The molecular weight excluding hydrogens is 446 g/mol. The molecule has 5 heteroatoms. The molecule has 1 N–H and O–H groups in total. The van der Waals surface area contributed by atoms with Gasteiger partial charge in [0, 0.05) is 60.7 Å². The summed E-state index contributed by atoms with van der Waals surface area (Å²) in [5, 5.41) is 3.16. The molecule has 0 bridgehead atoms. The minimum absolute atomic E-state index is 0.0265. The summed E-state index contributed by atoms with van der Waals surface area (Å²) >= 11 is 0. The van der Waals surface area contributed by atoms with E-state index < -0.39 is 0 Å². The molecule has 1 amide bonds. The molecule has 0 aromatic carbocycles. The summed E-state index contributed by atoms with van der Waals surface area (Å²) in [6, 6.07) is 0. The molecule has 206 valence electrons. The molecule has 0 fully saturated rings. The maximum absolute atomic E-state index is 13.0. The Morgan fingerprint density at radius 2 is 1.19 bits per heavy atom. The minimum atomic E-state index is -0.0926. The fraction of sp³-hybridized carbons (Fsp3) is 0.806. The van der Waals surface area contributed by atoms with Crippen molar-refractivity contribution in [3.8, 4) is 0 Å². The molecule has 0 aliphatic carbocycles. The molecule has 0 saturated heterocycles. The highest BCUT2D eigenvalue weighted by Gasteiger charge is 2.36. The molecule has 0 spiro atoms. The van der Waals surface area contributed by atoms with Gasteiger partial charge in [0.05, 0.1) is 0 Å². The fourth-order valence-electron chi connectivity index (χ4n) is 5.11. The fourth-order valence-corrected chi connectivity index (χ4v) is 5.11. The molecule has 0 aromatic heterocycles. The number of nitrogens with one attached hydrogen (secondary N) is 1. The van der Waals surface area contributed by atoms with Gasteiger partial charge in [0.1, 0.15) is 0 Å². The predicted octanol–water partition coefficient (Wildman–Crippen LogP) is 6.84. The number of carbonyl (C=O) groups excluding carboxylic acids is 2. The molecule has 5 nitrogen and oxygen atoms in total. The largest absolute Gasteiger partial charge is 0.372 e. The Morgan fingerprint density at radius 3 is 1.72 bits per heavy atom. The van der Waals surface area contributed by atoms with Gasteiger partial charge in [-0.3, -0.25) is 9.59 Å². The third-order valence-electron chi connectivity index (χ3n) is 8.12. The van der Waals surface area contributed by atoms with E-state index >= 15 is 0 Å². The van der Waals surface area contributed by atoms with Gasteiger partial charge >= 0.3 is 0 Å². The Bertz CT molecular complexity index is 767. The Balaban J connectivity index is 1.72. The van der Waals surface area contributed by atoms with E-state index in [9.17, 15) is 9.59 Å². The number of rotatable bonds is 10. The molecule has 0 atom stereocenters. The van der Waals surface area contributed by atoms with Gasteiger partial charge in [-0.15, -0.1) is 0 Å². The van der Waals surface area contributed by atoms with Crippen molar-refractivity contribution in [2.24, 2.45) is 10.8 Å². The van der Waals surface area contributed by atoms with Gasteiger partial charge in [-0.05, 0) is 78.1 Å². The number of hydrogen-bond acceptors (Lipinski definition) is 4. The normalized spacial score (nSPS) is 20.1. The molecule has 2 rings (SSSR count). The van der Waals surface area contributed by atoms with Crippen LogP contribution < -0.4 is 5.32 Å². The minimum Gasteiger partial charge on any atom is -0.372 e. The van der Waals surface area contributed by atoms with Crippen LogP contribution in [0.2, 0.25) is 0 Å². The van der Waals surface area contributed by atoms with E-state index in [0.29, 0.717) is 18.7 Å². The first-order valence-corrected chi connectivity index (χ1v) is 14.2. The van der Waals surface area contributed by atoms with Crippen LogP contribution in [0.15, 0.2) is 23.5 Å². The lowest BCUT2D eigenvalue weighted by atomic mass is 9.76. The van der Waals surface area contributed by atoms with Gasteiger partial charge in [0.15, 0.2) is 5.78 Å². The van der Waals surface area contributed by atoms with Crippen LogP contribution >= 0.6 is 0 Å². The smallest absolute Gasteiger partial charge is 0.249 e. The highest BCUT2D eigenvalue weighted by molar-refractivity contribution is 5.96. The molecule has 0 aromatic rings. The summed E-state index contributed by atoms with van der Waals surface area (Å²) in [4.78, 5) is 30.6. The monoisotopic (exact) mass is 501 g/mol. The topological polar surface area (TPSA) is 52.7 Å². The van der Waals surface area contributed by atoms with Crippen molar-refractivity contribution in [2.75, 3.05) is 19.6 Å². The van der Waals surface area contributed by atoms with Crippen LogP contribution in [-0.4, -0.2) is 52.2 Å². The maximum Gasteiger partial charge on any atom is 0.249 e. The quantitative estimate of drug-likeness (QED) is 0.333. The van der Waals surface area contributed by atoms with Crippen LogP contribution in [0.3, 0.4) is 0 Å². The van der Waals surface area contributed by atoms with Crippen molar-refractivity contribution < 1.29 is 9.59 Å². The number of allylic oxidation sites excluding steroid dienone is 1. The van der Waals surface area contributed by atoms with Crippen molar-refractivity contribution in [3.05, 3.63) is 23.5 Å². The van der Waals surface area contributed by atoms with E-state index in [4.69, 9.17) is 0 Å². The second kappa shape index (κ2) is 11.7. The first-order valence-electron chi connectivity index (χ1n) is 14.2. The second-order valence-electron chi connectivity index (χ2n) is 14.3. The highest BCUT2D eigenvalue weighted by atomic mass is 16.1. The van der Waals surface area contributed by atoms with Crippen LogP contribution in [-0.2, 0) is 9.59 Å². The molecule has 2 aliphatic rings. The number of amides is 1. The van der Waals surface area contributed by atoms with Crippen LogP contribution in [0, 0.1) is 10.8 Å². The third kappa shape index (κ3) is 8.38. The van der Waals surface area contributed by atoms with Crippen LogP contribution in [0.5, 0.6) is 0 Å². The number of unbranched alkanes of at least 4 members (excludes halogenated alkanes) is 4. The Kier molecular flexibility index (Phi) is 9.92. The van der Waals surface area contributed by atoms with Gasteiger partial charge in [-0.25, -0.2) is 0 Å². The van der Waals surface area contributed by atoms with E-state index in [2.05, 4.69) is 96.8 Å². The van der Waals surface area contributed by atoms with Crippen molar-refractivity contribution in [1.29, 1.82) is 0 Å². The molecule has 0 saturated carbocycles. The van der Waals surface area contributed by atoms with Gasteiger partial charge in [-0.1, -0.05) is 47.0 Å². The second-order valence-corrected chi connectivity index (χ2v) is 14.3. The van der Waals surface area contributed by atoms with Crippen molar-refractivity contribution in [1.82, 2.24) is 15.1 Å². The Labute approximate surface area is 222 Å².